The number of hydrogen-bond donors (Lipinski definition) is 2. The van der Waals surface area contributed by atoms with Crippen LogP contribution in [0, 0.1) is 11.3 Å². The molecule has 0 aromatic heterocycles. The average Bonchev–Trinajstić information content (AvgIpc) is 2.62. The van der Waals surface area contributed by atoms with Crippen molar-refractivity contribution in [2.75, 3.05) is 25.5 Å². The smallest absolute Gasteiger partial charge is 0.221 e. The number of nitriles is 1. The fourth-order valence-corrected chi connectivity index (χ4v) is 2.38. The van der Waals surface area contributed by atoms with E-state index in [2.05, 4.69) is 16.7 Å². The summed E-state index contributed by atoms with van der Waals surface area (Å²) in [5.41, 5.74) is 2.40. The minimum Gasteiger partial charge on any atom is -0.496 e. The van der Waals surface area contributed by atoms with Crippen LogP contribution in [0.4, 0.5) is 5.69 Å². The first-order chi connectivity index (χ1) is 11.7. The molecule has 0 aliphatic rings. The molecule has 0 radical (unpaired) electrons. The van der Waals surface area contributed by atoms with Crippen molar-refractivity contribution in [2.24, 2.45) is 0 Å². The molecule has 0 aliphatic heterocycles. The fourth-order valence-electron chi connectivity index (χ4n) is 2.38. The van der Waals surface area contributed by atoms with Gasteiger partial charge in [0.2, 0.25) is 5.91 Å². The van der Waals surface area contributed by atoms with Crippen molar-refractivity contribution in [3.63, 3.8) is 0 Å². The SMILES string of the molecule is COc1ccccc1CCNC(=O)CCNc1ccccc1C#N. The molecule has 0 saturated carbocycles. The van der Waals surface area contributed by atoms with Gasteiger partial charge in [0.25, 0.3) is 0 Å². The summed E-state index contributed by atoms with van der Waals surface area (Å²) in [5, 5.41) is 15.0. The highest BCUT2D eigenvalue weighted by atomic mass is 16.5. The Morgan fingerprint density at radius 3 is 2.67 bits per heavy atom. The Bertz CT molecular complexity index is 723. The Hall–Kier alpha value is -3.00. The van der Waals surface area contributed by atoms with Crippen molar-refractivity contribution < 1.29 is 9.53 Å². The zero-order valence-electron chi connectivity index (χ0n) is 13.7. The molecule has 0 spiro atoms. The number of carbonyl (C=O) groups excluding carboxylic acids is 1. The predicted octanol–water partition coefficient (Wildman–Crippen LogP) is 2.73. The highest BCUT2D eigenvalue weighted by molar-refractivity contribution is 5.76. The summed E-state index contributed by atoms with van der Waals surface area (Å²) in [6.07, 6.45) is 1.08. The minimum atomic E-state index is -0.0214. The van der Waals surface area contributed by atoms with Crippen LogP contribution in [0.25, 0.3) is 0 Å². The molecule has 0 atom stereocenters. The van der Waals surface area contributed by atoms with Gasteiger partial charge >= 0.3 is 0 Å². The highest BCUT2D eigenvalue weighted by Crippen LogP contribution is 2.17. The van der Waals surface area contributed by atoms with E-state index in [0.29, 0.717) is 25.1 Å². The van der Waals surface area contributed by atoms with E-state index in [1.54, 1.807) is 13.2 Å². The number of anilines is 1. The van der Waals surface area contributed by atoms with Crippen LogP contribution in [0.2, 0.25) is 0 Å². The van der Waals surface area contributed by atoms with Gasteiger partial charge in [-0.1, -0.05) is 30.3 Å². The lowest BCUT2D eigenvalue weighted by Gasteiger charge is -2.10. The lowest BCUT2D eigenvalue weighted by atomic mass is 10.1. The van der Waals surface area contributed by atoms with E-state index in [4.69, 9.17) is 10.00 Å². The van der Waals surface area contributed by atoms with E-state index in [1.807, 2.05) is 42.5 Å². The number of benzene rings is 2. The Labute approximate surface area is 142 Å². The van der Waals surface area contributed by atoms with Crippen molar-refractivity contribution in [3.05, 3.63) is 59.7 Å². The molecule has 24 heavy (non-hydrogen) atoms. The Morgan fingerprint density at radius 1 is 1.12 bits per heavy atom. The van der Waals surface area contributed by atoms with Gasteiger partial charge in [-0.3, -0.25) is 4.79 Å². The molecule has 1 amide bonds. The van der Waals surface area contributed by atoms with Gasteiger partial charge in [-0.05, 0) is 30.2 Å². The van der Waals surface area contributed by atoms with Crippen LogP contribution in [0.5, 0.6) is 5.75 Å². The molecule has 2 aromatic carbocycles. The number of para-hydroxylation sites is 2. The first-order valence-electron chi connectivity index (χ1n) is 7.86. The molecule has 0 bridgehead atoms. The first-order valence-corrected chi connectivity index (χ1v) is 7.86. The van der Waals surface area contributed by atoms with Crippen LogP contribution in [0.3, 0.4) is 0 Å². The van der Waals surface area contributed by atoms with Crippen LogP contribution >= 0.6 is 0 Å². The molecule has 2 aromatic rings. The summed E-state index contributed by atoms with van der Waals surface area (Å²) >= 11 is 0. The third-order valence-corrected chi connectivity index (χ3v) is 3.62. The molecule has 0 aliphatic carbocycles. The van der Waals surface area contributed by atoms with Gasteiger partial charge in [0, 0.05) is 19.5 Å². The Balaban J connectivity index is 1.71. The quantitative estimate of drug-likeness (QED) is 0.783. The van der Waals surface area contributed by atoms with Gasteiger partial charge in [-0.15, -0.1) is 0 Å². The second-order valence-electron chi connectivity index (χ2n) is 5.25. The maximum atomic E-state index is 11.9. The average molecular weight is 323 g/mol. The van der Waals surface area contributed by atoms with E-state index in [1.165, 1.54) is 0 Å². The number of ether oxygens (including phenoxy) is 1. The van der Waals surface area contributed by atoms with Crippen LogP contribution in [0.15, 0.2) is 48.5 Å². The lowest BCUT2D eigenvalue weighted by molar-refractivity contribution is -0.120. The van der Waals surface area contributed by atoms with Crippen LogP contribution in [-0.4, -0.2) is 26.1 Å². The second kappa shape index (κ2) is 9.21. The maximum absolute atomic E-state index is 11.9. The number of nitrogens with zero attached hydrogens (tertiary/aromatic N) is 1. The summed E-state index contributed by atoms with van der Waals surface area (Å²) in [6, 6.07) is 17.1. The second-order valence-corrected chi connectivity index (χ2v) is 5.25. The molecule has 2 rings (SSSR count). The molecule has 124 valence electrons. The molecular formula is C19H21N3O2. The number of amides is 1. The summed E-state index contributed by atoms with van der Waals surface area (Å²) < 4.78 is 5.29. The van der Waals surface area contributed by atoms with Gasteiger partial charge in [0.15, 0.2) is 0 Å². The molecule has 2 N–H and O–H groups in total. The number of nitrogens with one attached hydrogen (secondary N) is 2. The summed E-state index contributed by atoms with van der Waals surface area (Å²) in [5.74, 6) is 0.813. The normalized spacial score (nSPS) is 9.83. The largest absolute Gasteiger partial charge is 0.496 e. The van der Waals surface area contributed by atoms with Gasteiger partial charge in [0.05, 0.1) is 18.4 Å². The zero-order chi connectivity index (χ0) is 17.2. The van der Waals surface area contributed by atoms with Gasteiger partial charge < -0.3 is 15.4 Å². The van der Waals surface area contributed by atoms with Crippen molar-refractivity contribution in [2.45, 2.75) is 12.8 Å². The monoisotopic (exact) mass is 323 g/mol. The summed E-state index contributed by atoms with van der Waals surface area (Å²) in [6.45, 7) is 1.05. The number of methoxy groups -OCH3 is 1. The Kier molecular flexibility index (Phi) is 6.66. The van der Waals surface area contributed by atoms with Crippen LogP contribution < -0.4 is 15.4 Å². The van der Waals surface area contributed by atoms with Crippen LogP contribution in [-0.2, 0) is 11.2 Å². The van der Waals surface area contributed by atoms with E-state index >= 15 is 0 Å². The van der Waals surface area contributed by atoms with Crippen molar-refractivity contribution in [1.82, 2.24) is 5.32 Å². The highest BCUT2D eigenvalue weighted by Gasteiger charge is 2.05. The predicted molar refractivity (Wildman–Crippen MR) is 94.0 cm³/mol. The van der Waals surface area contributed by atoms with Crippen LogP contribution in [0.1, 0.15) is 17.5 Å². The van der Waals surface area contributed by atoms with Crippen molar-refractivity contribution in [3.8, 4) is 11.8 Å². The molecule has 0 saturated heterocycles. The molecule has 0 unspecified atom stereocenters. The fraction of sp³-hybridized carbons (Fsp3) is 0.263. The topological polar surface area (TPSA) is 74.2 Å². The van der Waals surface area contributed by atoms with Gasteiger partial charge in [0.1, 0.15) is 11.8 Å². The third-order valence-electron chi connectivity index (χ3n) is 3.62. The summed E-state index contributed by atoms with van der Waals surface area (Å²) in [4.78, 5) is 11.9. The standard InChI is InChI=1S/C19H21N3O2/c1-24-18-9-5-3-6-15(18)10-12-22-19(23)11-13-21-17-8-4-2-7-16(17)14-20/h2-9,21H,10-13H2,1H3,(H,22,23). The maximum Gasteiger partial charge on any atom is 0.221 e. The van der Waals surface area contributed by atoms with E-state index in [0.717, 1.165) is 23.4 Å². The van der Waals surface area contributed by atoms with E-state index < -0.39 is 0 Å². The molecule has 5 nitrogen and oxygen atoms in total. The number of hydrogen-bond acceptors (Lipinski definition) is 4. The van der Waals surface area contributed by atoms with Gasteiger partial charge in [-0.2, -0.15) is 5.26 Å². The first kappa shape index (κ1) is 17.4. The molecule has 0 heterocycles. The number of rotatable bonds is 8. The van der Waals surface area contributed by atoms with E-state index in [-0.39, 0.29) is 5.91 Å². The zero-order valence-corrected chi connectivity index (χ0v) is 13.7. The van der Waals surface area contributed by atoms with Crippen molar-refractivity contribution >= 4 is 11.6 Å². The van der Waals surface area contributed by atoms with Crippen molar-refractivity contribution in [1.29, 1.82) is 5.26 Å². The molecular weight excluding hydrogens is 302 g/mol. The summed E-state index contributed by atoms with van der Waals surface area (Å²) in [7, 11) is 1.64. The van der Waals surface area contributed by atoms with Gasteiger partial charge in [-0.25, -0.2) is 0 Å². The molecule has 5 heteroatoms. The van der Waals surface area contributed by atoms with E-state index in [9.17, 15) is 4.79 Å². The number of carbonyl (C=O) groups is 1. The lowest BCUT2D eigenvalue weighted by Crippen LogP contribution is -2.27. The Morgan fingerprint density at radius 2 is 1.88 bits per heavy atom. The molecule has 0 fully saturated rings. The third kappa shape index (κ3) is 5.03. The minimum absolute atomic E-state index is 0.0214.